The lowest BCUT2D eigenvalue weighted by atomic mass is 10.2. The molecule has 0 aliphatic carbocycles. The van der Waals surface area contributed by atoms with Gasteiger partial charge in [-0.3, -0.25) is 14.6 Å². The number of likely N-dealkylation sites (N-methyl/N-ethyl adjacent to an activating group) is 1. The highest BCUT2D eigenvalue weighted by Gasteiger charge is 2.12. The quantitative estimate of drug-likeness (QED) is 0.329. The van der Waals surface area contributed by atoms with Gasteiger partial charge in [-0.05, 0) is 25.1 Å². The predicted molar refractivity (Wildman–Crippen MR) is 61.6 cm³/mol. The number of aromatic nitrogens is 1. The molecule has 4 heteroatoms. The average molecular weight is 218 g/mol. The van der Waals surface area contributed by atoms with E-state index < -0.39 is 0 Å². The molecule has 0 atom stereocenters. The van der Waals surface area contributed by atoms with E-state index in [0.29, 0.717) is 18.5 Å². The number of hydrogen-bond donors (Lipinski definition) is 0. The summed E-state index contributed by atoms with van der Waals surface area (Å²) in [5.41, 5.74) is 0.713. The van der Waals surface area contributed by atoms with Crippen LogP contribution in [0.15, 0.2) is 30.0 Å². The SMILES string of the molecule is CCN(C)C(=O)/C(C=O)=C/c1ccccn1. The summed E-state index contributed by atoms with van der Waals surface area (Å²) in [5, 5.41) is 0. The Bertz CT molecular complexity index is 399. The first-order valence-corrected chi connectivity index (χ1v) is 5.02. The van der Waals surface area contributed by atoms with Crippen LogP contribution in [0.2, 0.25) is 0 Å². The van der Waals surface area contributed by atoms with Crippen molar-refractivity contribution in [3.8, 4) is 0 Å². The number of aldehydes is 1. The van der Waals surface area contributed by atoms with Gasteiger partial charge in [0.1, 0.15) is 0 Å². The van der Waals surface area contributed by atoms with Crippen molar-refractivity contribution in [3.63, 3.8) is 0 Å². The van der Waals surface area contributed by atoms with Crippen molar-refractivity contribution < 1.29 is 9.59 Å². The van der Waals surface area contributed by atoms with Crippen LogP contribution in [-0.2, 0) is 9.59 Å². The number of nitrogens with zero attached hydrogens (tertiary/aromatic N) is 2. The Balaban J connectivity index is 2.95. The van der Waals surface area contributed by atoms with Crippen LogP contribution < -0.4 is 0 Å². The Labute approximate surface area is 94.6 Å². The van der Waals surface area contributed by atoms with Gasteiger partial charge in [-0.25, -0.2) is 0 Å². The third-order valence-corrected chi connectivity index (χ3v) is 2.19. The largest absolute Gasteiger partial charge is 0.342 e. The molecule has 0 N–H and O–H groups in total. The summed E-state index contributed by atoms with van der Waals surface area (Å²) in [5.74, 6) is -0.289. The van der Waals surface area contributed by atoms with Gasteiger partial charge < -0.3 is 4.90 Å². The normalized spacial score (nSPS) is 11.0. The lowest BCUT2D eigenvalue weighted by molar-refractivity contribution is -0.126. The second-order valence-corrected chi connectivity index (χ2v) is 3.29. The third-order valence-electron chi connectivity index (χ3n) is 2.19. The second kappa shape index (κ2) is 5.80. The van der Waals surface area contributed by atoms with Crippen molar-refractivity contribution in [2.24, 2.45) is 0 Å². The number of carbonyl (C=O) groups excluding carboxylic acids is 2. The van der Waals surface area contributed by atoms with Gasteiger partial charge in [0.2, 0.25) is 0 Å². The Morgan fingerprint density at radius 2 is 2.25 bits per heavy atom. The van der Waals surface area contributed by atoms with Gasteiger partial charge in [0.15, 0.2) is 6.29 Å². The molecule has 0 bridgehead atoms. The summed E-state index contributed by atoms with van der Waals surface area (Å²) < 4.78 is 0. The van der Waals surface area contributed by atoms with E-state index in [1.165, 1.54) is 11.0 Å². The minimum absolute atomic E-state index is 0.114. The maximum atomic E-state index is 11.7. The number of rotatable bonds is 4. The Morgan fingerprint density at radius 3 is 2.75 bits per heavy atom. The van der Waals surface area contributed by atoms with E-state index in [1.807, 2.05) is 6.92 Å². The van der Waals surface area contributed by atoms with Crippen LogP contribution in [0.1, 0.15) is 12.6 Å². The van der Waals surface area contributed by atoms with Gasteiger partial charge >= 0.3 is 0 Å². The molecule has 1 rings (SSSR count). The Kier molecular flexibility index (Phi) is 4.39. The number of hydrogen-bond acceptors (Lipinski definition) is 3. The van der Waals surface area contributed by atoms with Crippen LogP contribution in [-0.4, -0.2) is 35.7 Å². The highest BCUT2D eigenvalue weighted by molar-refractivity contribution is 6.14. The molecule has 4 nitrogen and oxygen atoms in total. The lowest BCUT2D eigenvalue weighted by Crippen LogP contribution is -2.28. The first-order valence-electron chi connectivity index (χ1n) is 5.02. The van der Waals surface area contributed by atoms with Gasteiger partial charge in [0, 0.05) is 19.8 Å². The van der Waals surface area contributed by atoms with Crippen LogP contribution in [0.3, 0.4) is 0 Å². The molecule has 0 unspecified atom stereocenters. The van der Waals surface area contributed by atoms with Crippen LogP contribution in [0, 0.1) is 0 Å². The van der Waals surface area contributed by atoms with Crippen molar-refractivity contribution in [2.75, 3.05) is 13.6 Å². The molecular weight excluding hydrogens is 204 g/mol. The predicted octanol–water partition coefficient (Wildman–Crippen LogP) is 1.14. The molecule has 1 amide bonds. The van der Waals surface area contributed by atoms with Crippen LogP contribution in [0.4, 0.5) is 0 Å². The van der Waals surface area contributed by atoms with E-state index in [4.69, 9.17) is 0 Å². The summed E-state index contributed by atoms with van der Waals surface area (Å²) in [7, 11) is 1.65. The van der Waals surface area contributed by atoms with Crippen LogP contribution in [0.25, 0.3) is 6.08 Å². The maximum absolute atomic E-state index is 11.7. The zero-order chi connectivity index (χ0) is 12.0. The molecule has 16 heavy (non-hydrogen) atoms. The van der Waals surface area contributed by atoms with E-state index in [2.05, 4.69) is 4.98 Å². The number of amides is 1. The summed E-state index contributed by atoms with van der Waals surface area (Å²) in [4.78, 5) is 28.0. The van der Waals surface area contributed by atoms with E-state index in [1.54, 1.807) is 31.4 Å². The lowest BCUT2D eigenvalue weighted by Gasteiger charge is -2.13. The molecule has 1 heterocycles. The minimum atomic E-state index is -0.289. The molecule has 0 saturated carbocycles. The fraction of sp³-hybridized carbons (Fsp3) is 0.250. The van der Waals surface area contributed by atoms with Crippen LogP contribution in [0.5, 0.6) is 0 Å². The van der Waals surface area contributed by atoms with Gasteiger partial charge in [0.05, 0.1) is 11.3 Å². The maximum Gasteiger partial charge on any atom is 0.256 e. The van der Waals surface area contributed by atoms with Crippen molar-refractivity contribution in [1.82, 2.24) is 9.88 Å². The highest BCUT2D eigenvalue weighted by atomic mass is 16.2. The fourth-order valence-electron chi connectivity index (χ4n) is 1.13. The molecule has 1 aromatic rings. The molecule has 1 aromatic heterocycles. The van der Waals surface area contributed by atoms with Crippen LogP contribution >= 0.6 is 0 Å². The summed E-state index contributed by atoms with van der Waals surface area (Å²) >= 11 is 0. The van der Waals surface area contributed by atoms with E-state index in [0.717, 1.165) is 0 Å². The molecular formula is C12H14N2O2. The molecule has 84 valence electrons. The zero-order valence-electron chi connectivity index (χ0n) is 9.38. The molecule has 0 aromatic carbocycles. The van der Waals surface area contributed by atoms with Crippen molar-refractivity contribution in [3.05, 3.63) is 35.7 Å². The molecule has 0 saturated heterocycles. The van der Waals surface area contributed by atoms with Gasteiger partial charge in [-0.1, -0.05) is 6.07 Å². The Hall–Kier alpha value is -1.97. The van der Waals surface area contributed by atoms with Gasteiger partial charge in [-0.2, -0.15) is 0 Å². The van der Waals surface area contributed by atoms with E-state index in [9.17, 15) is 9.59 Å². The minimum Gasteiger partial charge on any atom is -0.342 e. The van der Waals surface area contributed by atoms with Gasteiger partial charge in [0.25, 0.3) is 5.91 Å². The van der Waals surface area contributed by atoms with Crippen molar-refractivity contribution in [2.45, 2.75) is 6.92 Å². The first kappa shape index (κ1) is 12.1. The number of carbonyl (C=O) groups is 2. The monoisotopic (exact) mass is 218 g/mol. The molecule has 0 spiro atoms. The van der Waals surface area contributed by atoms with E-state index >= 15 is 0 Å². The van der Waals surface area contributed by atoms with E-state index in [-0.39, 0.29) is 11.5 Å². The molecule has 0 radical (unpaired) electrons. The standard InChI is InChI=1S/C12H14N2O2/c1-3-14(2)12(16)10(9-15)8-11-6-4-5-7-13-11/h4-9H,3H2,1-2H3/b10-8+. The molecule has 0 fully saturated rings. The fourth-order valence-corrected chi connectivity index (χ4v) is 1.13. The smallest absolute Gasteiger partial charge is 0.256 e. The highest BCUT2D eigenvalue weighted by Crippen LogP contribution is 2.04. The third kappa shape index (κ3) is 3.02. The topological polar surface area (TPSA) is 50.3 Å². The summed E-state index contributed by atoms with van der Waals surface area (Å²) in [6, 6.07) is 5.32. The van der Waals surface area contributed by atoms with Crippen molar-refractivity contribution in [1.29, 1.82) is 0 Å². The molecule has 0 aliphatic rings. The average Bonchev–Trinajstić information content (AvgIpc) is 2.35. The second-order valence-electron chi connectivity index (χ2n) is 3.29. The first-order chi connectivity index (χ1) is 7.69. The zero-order valence-corrected chi connectivity index (χ0v) is 9.38. The van der Waals surface area contributed by atoms with Crippen molar-refractivity contribution >= 4 is 18.3 Å². The summed E-state index contributed by atoms with van der Waals surface area (Å²) in [6.07, 6.45) is 3.66. The van der Waals surface area contributed by atoms with Gasteiger partial charge in [-0.15, -0.1) is 0 Å². The summed E-state index contributed by atoms with van der Waals surface area (Å²) in [6.45, 7) is 2.41. The Morgan fingerprint density at radius 1 is 1.50 bits per heavy atom. The molecule has 0 aliphatic heterocycles. The number of pyridine rings is 1.